The van der Waals surface area contributed by atoms with Crippen LogP contribution in [-0.2, 0) is 20.2 Å². The number of nitrogens with zero attached hydrogens (tertiary/aromatic N) is 2. The first kappa shape index (κ1) is 23.1. The number of rotatable bonds is 4. The van der Waals surface area contributed by atoms with Crippen LogP contribution in [0.1, 0.15) is 76.9 Å². The van der Waals surface area contributed by atoms with Crippen molar-refractivity contribution >= 4 is 16.1 Å². The molecule has 3 saturated heterocycles. The molecule has 2 unspecified atom stereocenters. The maximum absolute atomic E-state index is 12.4. The van der Waals surface area contributed by atoms with Crippen molar-refractivity contribution in [2.75, 3.05) is 26.0 Å². The van der Waals surface area contributed by atoms with Gasteiger partial charge in [-0.05, 0) is 87.9 Å². The topological polar surface area (TPSA) is 79.0 Å². The SMILES string of the molecule is CCOC(=O)N1C2CCC1CC(N1CCC3(CC[C@H](NS(C)(=O)=O)c4ccccc43)CC1)C2.[HH]. The summed E-state index contributed by atoms with van der Waals surface area (Å²) in [4.78, 5) is 17.1. The van der Waals surface area contributed by atoms with Crippen molar-refractivity contribution in [3.05, 3.63) is 35.4 Å². The van der Waals surface area contributed by atoms with Gasteiger partial charge in [0.2, 0.25) is 10.0 Å². The van der Waals surface area contributed by atoms with E-state index in [1.165, 1.54) is 11.8 Å². The Bertz CT molecular complexity index is 982. The number of fused-ring (bicyclic) bond motifs is 4. The lowest BCUT2D eigenvalue weighted by molar-refractivity contribution is 0.0248. The summed E-state index contributed by atoms with van der Waals surface area (Å²) in [6, 6.07) is 9.51. The van der Waals surface area contributed by atoms with Crippen LogP contribution in [0.4, 0.5) is 4.79 Å². The number of piperidine rings is 2. The lowest BCUT2D eigenvalue weighted by Crippen LogP contribution is -2.55. The Balaban J connectivity index is 0.00000274. The van der Waals surface area contributed by atoms with E-state index in [1.807, 2.05) is 17.9 Å². The fourth-order valence-corrected chi connectivity index (χ4v) is 7.92. The number of amides is 1. The fraction of sp³-hybridized carbons (Fsp3) is 0.720. The first-order valence-corrected chi connectivity index (χ1v) is 14.4. The predicted octanol–water partition coefficient (Wildman–Crippen LogP) is 3.80. The quantitative estimate of drug-likeness (QED) is 0.714. The highest BCUT2D eigenvalue weighted by Gasteiger charge is 2.48. The van der Waals surface area contributed by atoms with Crippen LogP contribution >= 0.6 is 0 Å². The number of hydrogen-bond donors (Lipinski definition) is 1. The average Bonchev–Trinajstić information content (AvgIpc) is 3.06. The summed E-state index contributed by atoms with van der Waals surface area (Å²) in [5.74, 6) is 0. The fourth-order valence-electron chi connectivity index (χ4n) is 7.15. The summed E-state index contributed by atoms with van der Waals surface area (Å²) in [5, 5.41) is 0. The van der Waals surface area contributed by atoms with Gasteiger partial charge < -0.3 is 14.5 Å². The van der Waals surface area contributed by atoms with Crippen molar-refractivity contribution in [2.45, 2.75) is 87.9 Å². The van der Waals surface area contributed by atoms with Crippen molar-refractivity contribution < 1.29 is 19.4 Å². The van der Waals surface area contributed by atoms with Gasteiger partial charge in [0, 0.05) is 25.6 Å². The first-order chi connectivity index (χ1) is 15.8. The molecule has 3 heterocycles. The minimum atomic E-state index is -3.25. The molecule has 4 aliphatic rings. The summed E-state index contributed by atoms with van der Waals surface area (Å²) in [6.07, 6.45) is 9.53. The lowest BCUT2D eigenvalue weighted by atomic mass is 9.63. The van der Waals surface area contributed by atoms with Crippen LogP contribution in [0.2, 0.25) is 0 Å². The first-order valence-electron chi connectivity index (χ1n) is 12.6. The van der Waals surface area contributed by atoms with Gasteiger partial charge in [-0.2, -0.15) is 0 Å². The van der Waals surface area contributed by atoms with Gasteiger partial charge in [-0.3, -0.25) is 0 Å². The zero-order valence-electron chi connectivity index (χ0n) is 19.8. The second-order valence-electron chi connectivity index (χ2n) is 10.5. The molecule has 0 saturated carbocycles. The van der Waals surface area contributed by atoms with Gasteiger partial charge in [0.05, 0.1) is 12.9 Å². The number of carbonyl (C=O) groups is 1. The monoisotopic (exact) mass is 477 g/mol. The molecule has 5 rings (SSSR count). The van der Waals surface area contributed by atoms with E-state index in [-0.39, 0.29) is 19.0 Å². The maximum atomic E-state index is 12.4. The zero-order valence-corrected chi connectivity index (χ0v) is 20.6. The number of likely N-dealkylation sites (tertiary alicyclic amines) is 1. The summed E-state index contributed by atoms with van der Waals surface area (Å²) in [5.41, 5.74) is 2.64. The summed E-state index contributed by atoms with van der Waals surface area (Å²) >= 11 is 0. The second kappa shape index (κ2) is 8.86. The predicted molar refractivity (Wildman–Crippen MR) is 130 cm³/mol. The number of ether oxygens (including phenoxy) is 1. The molecular weight excluding hydrogens is 438 g/mol. The highest BCUT2D eigenvalue weighted by molar-refractivity contribution is 7.88. The van der Waals surface area contributed by atoms with E-state index in [4.69, 9.17) is 4.74 Å². The van der Waals surface area contributed by atoms with Crippen LogP contribution in [0.15, 0.2) is 24.3 Å². The summed E-state index contributed by atoms with van der Waals surface area (Å²) < 4.78 is 32.0. The van der Waals surface area contributed by atoms with Crippen molar-refractivity contribution in [3.63, 3.8) is 0 Å². The number of nitrogens with one attached hydrogen (secondary N) is 1. The number of sulfonamides is 1. The minimum absolute atomic E-state index is 0. The average molecular weight is 478 g/mol. The number of carbonyl (C=O) groups excluding carboxylic acids is 1. The summed E-state index contributed by atoms with van der Waals surface area (Å²) in [7, 11) is -3.25. The molecule has 1 aromatic carbocycles. The van der Waals surface area contributed by atoms with E-state index in [0.717, 1.165) is 70.0 Å². The molecule has 3 atom stereocenters. The van der Waals surface area contributed by atoms with Crippen LogP contribution in [0.25, 0.3) is 0 Å². The largest absolute Gasteiger partial charge is 0.450 e. The molecule has 0 aromatic heterocycles. The molecule has 1 N–H and O–H groups in total. The van der Waals surface area contributed by atoms with Gasteiger partial charge in [-0.15, -0.1) is 0 Å². The molecule has 184 valence electrons. The van der Waals surface area contributed by atoms with E-state index < -0.39 is 10.0 Å². The molecule has 7 nitrogen and oxygen atoms in total. The van der Waals surface area contributed by atoms with Gasteiger partial charge in [-0.1, -0.05) is 24.3 Å². The summed E-state index contributed by atoms with van der Waals surface area (Å²) in [6.45, 7) is 4.46. The standard InChI is InChI=1S/C25H37N3O4S.H2/c1-3-32-24(29)28-18-8-9-19(28)17-20(16-18)27-14-12-25(13-15-27)11-10-23(26-33(2,30)31)21-6-4-5-7-22(21)25;/h4-7,18-20,23,26H,3,8-17H2,1-2H3;1H/t18?,19?,20?,23-;/m0./s1. The van der Waals surface area contributed by atoms with E-state index in [2.05, 4.69) is 27.8 Å². The molecule has 1 amide bonds. The number of hydrogen-bond acceptors (Lipinski definition) is 5. The van der Waals surface area contributed by atoms with Gasteiger partial charge >= 0.3 is 6.09 Å². The van der Waals surface area contributed by atoms with E-state index in [1.54, 1.807) is 0 Å². The molecule has 3 aliphatic heterocycles. The Morgan fingerprint density at radius 3 is 2.39 bits per heavy atom. The van der Waals surface area contributed by atoms with Crippen molar-refractivity contribution in [2.24, 2.45) is 0 Å². The van der Waals surface area contributed by atoms with Crippen LogP contribution in [-0.4, -0.2) is 68.4 Å². The van der Waals surface area contributed by atoms with Crippen molar-refractivity contribution in [1.82, 2.24) is 14.5 Å². The van der Waals surface area contributed by atoms with Crippen LogP contribution in [0.3, 0.4) is 0 Å². The van der Waals surface area contributed by atoms with Gasteiger partial charge in [-0.25, -0.2) is 17.9 Å². The molecule has 1 aliphatic carbocycles. The molecule has 1 spiro atoms. The second-order valence-corrected chi connectivity index (χ2v) is 12.3. The van der Waals surface area contributed by atoms with Gasteiger partial charge in [0.25, 0.3) is 0 Å². The third-order valence-corrected chi connectivity index (χ3v) is 9.35. The van der Waals surface area contributed by atoms with E-state index in [9.17, 15) is 13.2 Å². The van der Waals surface area contributed by atoms with E-state index >= 15 is 0 Å². The normalized spacial score (nSPS) is 31.4. The Morgan fingerprint density at radius 2 is 1.76 bits per heavy atom. The minimum Gasteiger partial charge on any atom is -0.450 e. The van der Waals surface area contributed by atoms with Crippen molar-refractivity contribution in [3.8, 4) is 0 Å². The molecule has 3 fully saturated rings. The molecule has 1 aromatic rings. The Morgan fingerprint density at radius 1 is 1.09 bits per heavy atom. The van der Waals surface area contributed by atoms with Crippen molar-refractivity contribution in [1.29, 1.82) is 0 Å². The zero-order chi connectivity index (χ0) is 23.2. The van der Waals surface area contributed by atoms with Gasteiger partial charge in [0.15, 0.2) is 0 Å². The Labute approximate surface area is 199 Å². The lowest BCUT2D eigenvalue weighted by Gasteiger charge is -2.50. The van der Waals surface area contributed by atoms with Gasteiger partial charge in [0.1, 0.15) is 0 Å². The Hall–Kier alpha value is -1.64. The maximum Gasteiger partial charge on any atom is 0.410 e. The highest BCUT2D eigenvalue weighted by atomic mass is 32.2. The Kier molecular flexibility index (Phi) is 6.20. The highest BCUT2D eigenvalue weighted by Crippen LogP contribution is 2.49. The molecule has 33 heavy (non-hydrogen) atoms. The van der Waals surface area contributed by atoms with Crippen LogP contribution in [0.5, 0.6) is 0 Å². The van der Waals surface area contributed by atoms with Crippen LogP contribution < -0.4 is 4.72 Å². The molecular formula is C25H39N3O4S. The number of benzene rings is 1. The smallest absolute Gasteiger partial charge is 0.410 e. The third kappa shape index (κ3) is 4.42. The molecule has 0 radical (unpaired) electrons. The molecule has 8 heteroatoms. The molecule has 2 bridgehead atoms. The van der Waals surface area contributed by atoms with Crippen LogP contribution in [0, 0.1) is 0 Å². The van der Waals surface area contributed by atoms with E-state index in [0.29, 0.717) is 24.7 Å². The third-order valence-electron chi connectivity index (χ3n) is 8.63.